The van der Waals surface area contributed by atoms with Crippen molar-refractivity contribution >= 4 is 25.8 Å². The predicted molar refractivity (Wildman–Crippen MR) is 67.3 cm³/mol. The highest BCUT2D eigenvalue weighted by Crippen LogP contribution is 2.28. The standard InChI is InChI=1S/C10H21BrO3S/c1-10(2,3)9(7-11)8-15(12,13)6-5-14-4/h9H,5-8H2,1-4H3. The van der Waals surface area contributed by atoms with Crippen LogP contribution in [-0.4, -0.2) is 39.0 Å². The first kappa shape index (κ1) is 15.4. The average molecular weight is 301 g/mol. The molecule has 0 aliphatic heterocycles. The van der Waals surface area contributed by atoms with Crippen molar-refractivity contribution in [3.63, 3.8) is 0 Å². The minimum Gasteiger partial charge on any atom is -0.384 e. The predicted octanol–water partition coefficient (Wildman–Crippen LogP) is 2.10. The van der Waals surface area contributed by atoms with E-state index in [4.69, 9.17) is 4.74 Å². The van der Waals surface area contributed by atoms with Crippen LogP contribution in [-0.2, 0) is 14.6 Å². The molecule has 1 unspecified atom stereocenters. The quantitative estimate of drug-likeness (QED) is 0.706. The zero-order chi connectivity index (χ0) is 12.1. The molecule has 0 heterocycles. The first-order valence-corrected chi connectivity index (χ1v) is 7.92. The first-order chi connectivity index (χ1) is 6.73. The Morgan fingerprint density at radius 1 is 1.33 bits per heavy atom. The van der Waals surface area contributed by atoms with Crippen LogP contribution in [0.5, 0.6) is 0 Å². The Morgan fingerprint density at radius 2 is 1.87 bits per heavy atom. The van der Waals surface area contributed by atoms with E-state index >= 15 is 0 Å². The normalized spacial score (nSPS) is 15.3. The Kier molecular flexibility index (Phi) is 6.37. The van der Waals surface area contributed by atoms with Gasteiger partial charge < -0.3 is 4.74 Å². The van der Waals surface area contributed by atoms with Gasteiger partial charge in [0.2, 0.25) is 0 Å². The van der Waals surface area contributed by atoms with E-state index in [1.165, 1.54) is 7.11 Å². The van der Waals surface area contributed by atoms with E-state index in [0.29, 0.717) is 5.33 Å². The molecule has 0 fully saturated rings. The Bertz CT molecular complexity index is 267. The summed E-state index contributed by atoms with van der Waals surface area (Å²) in [6.07, 6.45) is 0. The van der Waals surface area contributed by atoms with Crippen LogP contribution in [0.15, 0.2) is 0 Å². The summed E-state index contributed by atoms with van der Waals surface area (Å²) in [4.78, 5) is 0. The summed E-state index contributed by atoms with van der Waals surface area (Å²) in [5.41, 5.74) is 0.00361. The molecule has 92 valence electrons. The number of sulfone groups is 1. The van der Waals surface area contributed by atoms with Gasteiger partial charge in [0, 0.05) is 12.4 Å². The lowest BCUT2D eigenvalue weighted by Crippen LogP contribution is -2.31. The molecular formula is C10H21BrO3S. The second-order valence-corrected chi connectivity index (χ2v) is 7.70. The molecule has 0 spiro atoms. The van der Waals surface area contributed by atoms with Crippen molar-refractivity contribution in [2.24, 2.45) is 11.3 Å². The smallest absolute Gasteiger partial charge is 0.152 e. The fraction of sp³-hybridized carbons (Fsp3) is 1.00. The molecule has 0 radical (unpaired) electrons. The van der Waals surface area contributed by atoms with Gasteiger partial charge in [-0.25, -0.2) is 8.42 Å². The van der Waals surface area contributed by atoms with Gasteiger partial charge in [-0.05, 0) is 11.3 Å². The van der Waals surface area contributed by atoms with E-state index in [1.54, 1.807) is 0 Å². The summed E-state index contributed by atoms with van der Waals surface area (Å²) in [5.74, 6) is 0.480. The molecule has 1 atom stereocenters. The number of methoxy groups -OCH3 is 1. The van der Waals surface area contributed by atoms with Crippen LogP contribution in [0.2, 0.25) is 0 Å². The van der Waals surface area contributed by atoms with Crippen molar-refractivity contribution in [3.8, 4) is 0 Å². The second kappa shape index (κ2) is 6.21. The molecule has 3 nitrogen and oxygen atoms in total. The average Bonchev–Trinajstić information content (AvgIpc) is 2.09. The Labute approximate surface area is 102 Å². The molecular weight excluding hydrogens is 280 g/mol. The number of alkyl halides is 1. The topological polar surface area (TPSA) is 43.4 Å². The van der Waals surface area contributed by atoms with Gasteiger partial charge in [-0.15, -0.1) is 0 Å². The lowest BCUT2D eigenvalue weighted by atomic mass is 9.83. The van der Waals surface area contributed by atoms with Crippen LogP contribution in [0.25, 0.3) is 0 Å². The molecule has 5 heteroatoms. The van der Waals surface area contributed by atoms with E-state index in [9.17, 15) is 8.42 Å². The maximum Gasteiger partial charge on any atom is 0.152 e. The van der Waals surface area contributed by atoms with Crippen molar-refractivity contribution in [3.05, 3.63) is 0 Å². The van der Waals surface area contributed by atoms with Gasteiger partial charge in [0.25, 0.3) is 0 Å². The lowest BCUT2D eigenvalue weighted by Gasteiger charge is -2.28. The zero-order valence-corrected chi connectivity index (χ0v) is 12.3. The van der Waals surface area contributed by atoms with Crippen LogP contribution in [0, 0.1) is 11.3 Å². The van der Waals surface area contributed by atoms with Crippen LogP contribution >= 0.6 is 15.9 Å². The Balaban J connectivity index is 4.42. The number of ether oxygens (including phenoxy) is 1. The highest BCUT2D eigenvalue weighted by Gasteiger charge is 2.28. The minimum atomic E-state index is -2.99. The first-order valence-electron chi connectivity index (χ1n) is 4.98. The third-order valence-electron chi connectivity index (χ3n) is 2.46. The molecule has 15 heavy (non-hydrogen) atoms. The lowest BCUT2D eigenvalue weighted by molar-refractivity contribution is 0.216. The molecule has 0 aromatic carbocycles. The fourth-order valence-electron chi connectivity index (χ4n) is 1.13. The SMILES string of the molecule is COCCS(=O)(=O)CC(CBr)C(C)(C)C. The van der Waals surface area contributed by atoms with Crippen molar-refractivity contribution in [1.29, 1.82) is 0 Å². The van der Waals surface area contributed by atoms with Crippen LogP contribution < -0.4 is 0 Å². The van der Waals surface area contributed by atoms with Gasteiger partial charge in [-0.3, -0.25) is 0 Å². The summed E-state index contributed by atoms with van der Waals surface area (Å²) in [5, 5.41) is 0.711. The van der Waals surface area contributed by atoms with Gasteiger partial charge >= 0.3 is 0 Å². The van der Waals surface area contributed by atoms with E-state index in [-0.39, 0.29) is 29.4 Å². The van der Waals surface area contributed by atoms with Gasteiger partial charge in [-0.2, -0.15) is 0 Å². The van der Waals surface area contributed by atoms with E-state index < -0.39 is 9.84 Å². The van der Waals surface area contributed by atoms with Crippen LogP contribution in [0.4, 0.5) is 0 Å². The maximum atomic E-state index is 11.7. The minimum absolute atomic E-state index is 0.00361. The number of hydrogen-bond donors (Lipinski definition) is 0. The highest BCUT2D eigenvalue weighted by atomic mass is 79.9. The van der Waals surface area contributed by atoms with Crippen molar-refractivity contribution in [2.45, 2.75) is 20.8 Å². The molecule has 0 saturated carbocycles. The number of rotatable bonds is 6. The number of hydrogen-bond acceptors (Lipinski definition) is 3. The zero-order valence-electron chi connectivity index (χ0n) is 9.92. The van der Waals surface area contributed by atoms with Crippen molar-refractivity contribution < 1.29 is 13.2 Å². The maximum absolute atomic E-state index is 11.7. The van der Waals surface area contributed by atoms with Crippen LogP contribution in [0.3, 0.4) is 0 Å². The molecule has 0 rings (SSSR count). The molecule has 0 aromatic heterocycles. The largest absolute Gasteiger partial charge is 0.384 e. The summed E-state index contributed by atoms with van der Waals surface area (Å²) in [6.45, 7) is 6.46. The molecule has 0 N–H and O–H groups in total. The molecule has 0 saturated heterocycles. The van der Waals surface area contributed by atoms with Gasteiger partial charge in [0.05, 0.1) is 18.1 Å². The molecule has 0 aliphatic rings. The van der Waals surface area contributed by atoms with Crippen molar-refractivity contribution in [2.75, 3.05) is 30.6 Å². The molecule has 0 aromatic rings. The summed E-state index contributed by atoms with van der Waals surface area (Å²) in [6, 6.07) is 0. The van der Waals surface area contributed by atoms with Gasteiger partial charge in [0.1, 0.15) is 0 Å². The van der Waals surface area contributed by atoms with Gasteiger partial charge in [0.15, 0.2) is 9.84 Å². The van der Waals surface area contributed by atoms with E-state index in [1.807, 2.05) is 0 Å². The molecule has 0 bridgehead atoms. The highest BCUT2D eigenvalue weighted by molar-refractivity contribution is 9.09. The fourth-order valence-corrected chi connectivity index (χ4v) is 4.45. The number of halogens is 1. The van der Waals surface area contributed by atoms with E-state index in [2.05, 4.69) is 36.7 Å². The van der Waals surface area contributed by atoms with Crippen LogP contribution in [0.1, 0.15) is 20.8 Å². The molecule has 0 amide bonds. The van der Waals surface area contributed by atoms with Gasteiger partial charge in [-0.1, -0.05) is 36.7 Å². The second-order valence-electron chi connectivity index (χ2n) is 4.82. The monoisotopic (exact) mass is 300 g/mol. The summed E-state index contributed by atoms with van der Waals surface area (Å²) >= 11 is 3.38. The summed E-state index contributed by atoms with van der Waals surface area (Å²) in [7, 11) is -1.48. The van der Waals surface area contributed by atoms with Crippen molar-refractivity contribution in [1.82, 2.24) is 0 Å². The molecule has 0 aliphatic carbocycles. The Morgan fingerprint density at radius 3 is 2.20 bits per heavy atom. The third kappa shape index (κ3) is 6.53. The third-order valence-corrected chi connectivity index (χ3v) is 4.95. The van der Waals surface area contributed by atoms with E-state index in [0.717, 1.165) is 0 Å². The Hall–Kier alpha value is 0.390. The summed E-state index contributed by atoms with van der Waals surface area (Å²) < 4.78 is 28.2.